The van der Waals surface area contributed by atoms with E-state index in [1.807, 2.05) is 60.7 Å². The third-order valence-corrected chi connectivity index (χ3v) is 18.6. The maximum Gasteiger partial charge on any atom is 0.197 e. The molecule has 2 saturated carbocycles. The van der Waals surface area contributed by atoms with Crippen LogP contribution in [-0.4, -0.2) is 22.5 Å². The molecule has 2 aromatic heterocycles. The highest BCUT2D eigenvalue weighted by Crippen LogP contribution is 2.61. The molecule has 0 saturated heterocycles. The van der Waals surface area contributed by atoms with Gasteiger partial charge in [-0.1, -0.05) is 61.4 Å². The fourth-order valence-electron chi connectivity index (χ4n) is 12.9. The molecule has 8 heteroatoms. The van der Waals surface area contributed by atoms with E-state index >= 15 is 0 Å². The van der Waals surface area contributed by atoms with E-state index in [-0.39, 0.29) is 22.9 Å². The van der Waals surface area contributed by atoms with Gasteiger partial charge in [-0.15, -0.1) is 22.7 Å². The number of ketones is 3. The lowest BCUT2D eigenvalue weighted by atomic mass is 9.76. The Balaban J connectivity index is 0.824. The van der Waals surface area contributed by atoms with Gasteiger partial charge in [0.25, 0.3) is 0 Å². The quantitative estimate of drug-likeness (QED) is 0.105. The lowest BCUT2D eigenvalue weighted by Gasteiger charge is -2.44. The Morgan fingerprint density at radius 3 is 1.36 bits per heavy atom. The van der Waals surface area contributed by atoms with Gasteiger partial charge in [-0.2, -0.15) is 0 Å². The molecule has 2 aliphatic heterocycles. The molecule has 1 atom stereocenters. The molecule has 1 unspecified atom stereocenters. The zero-order valence-electron chi connectivity index (χ0n) is 38.2. The summed E-state index contributed by atoms with van der Waals surface area (Å²) in [6.07, 6.45) is 12.7. The zero-order chi connectivity index (χ0) is 46.6. The first kappa shape index (κ1) is 40.9. The first-order chi connectivity index (χ1) is 34.2. The zero-order valence-corrected chi connectivity index (χ0v) is 39.8. The predicted molar refractivity (Wildman–Crippen MR) is 281 cm³/mol. The van der Waals surface area contributed by atoms with Crippen LogP contribution in [0.15, 0.2) is 132 Å². The number of hydrogen-bond acceptors (Lipinski definition) is 8. The van der Waals surface area contributed by atoms with Crippen LogP contribution in [0.3, 0.4) is 0 Å². The molecule has 70 heavy (non-hydrogen) atoms. The molecular weight excluding hydrogens is 905 g/mol. The summed E-state index contributed by atoms with van der Waals surface area (Å²) in [5.41, 5.74) is 5.89. The lowest BCUT2D eigenvalue weighted by Crippen LogP contribution is -2.38. The second-order valence-electron chi connectivity index (χ2n) is 20.4. The van der Waals surface area contributed by atoms with Gasteiger partial charge < -0.3 is 14.6 Å². The van der Waals surface area contributed by atoms with Crippen molar-refractivity contribution in [1.82, 2.24) is 0 Å². The van der Waals surface area contributed by atoms with E-state index < -0.39 is 17.3 Å². The number of carbonyl (C=O) groups excluding carboxylic acids is 3. The van der Waals surface area contributed by atoms with Gasteiger partial charge in [-0.3, -0.25) is 14.4 Å². The van der Waals surface area contributed by atoms with Crippen LogP contribution in [0.25, 0.3) is 76.1 Å². The number of ether oxygens (including phenoxy) is 2. The van der Waals surface area contributed by atoms with Crippen LogP contribution in [0.1, 0.15) is 128 Å². The number of aliphatic hydroxyl groups is 1. The van der Waals surface area contributed by atoms with Crippen LogP contribution in [0.5, 0.6) is 11.5 Å². The molecule has 0 radical (unpaired) electrons. The molecule has 0 amide bonds. The third-order valence-electron chi connectivity index (χ3n) is 16.4. The molecule has 15 rings (SSSR count). The summed E-state index contributed by atoms with van der Waals surface area (Å²) in [6.45, 7) is 0. The number of rotatable bonds is 2. The highest BCUT2D eigenvalue weighted by Gasteiger charge is 2.47. The van der Waals surface area contributed by atoms with Crippen molar-refractivity contribution in [3.05, 3.63) is 176 Å². The second-order valence-corrected chi connectivity index (χ2v) is 22.6. The molecule has 6 nitrogen and oxygen atoms in total. The summed E-state index contributed by atoms with van der Waals surface area (Å²) in [7, 11) is 0. The summed E-state index contributed by atoms with van der Waals surface area (Å²) in [5.74, 6) is 1.03. The second kappa shape index (κ2) is 14.8. The minimum Gasteiger partial charge on any atom is -0.482 e. The van der Waals surface area contributed by atoms with Crippen molar-refractivity contribution in [1.29, 1.82) is 0 Å². The largest absolute Gasteiger partial charge is 0.482 e. The predicted octanol–water partition coefficient (Wildman–Crippen LogP) is 15.6. The van der Waals surface area contributed by atoms with E-state index in [4.69, 9.17) is 9.47 Å². The summed E-state index contributed by atoms with van der Waals surface area (Å²) >= 11 is 3.28. The van der Waals surface area contributed by atoms with Crippen LogP contribution in [0.4, 0.5) is 0 Å². The van der Waals surface area contributed by atoms with Crippen LogP contribution in [-0.2, 0) is 11.2 Å². The van der Waals surface area contributed by atoms with Crippen molar-refractivity contribution in [2.24, 2.45) is 0 Å². The highest BCUT2D eigenvalue weighted by molar-refractivity contribution is 7.17. The molecular formula is C62H44O6S2. The van der Waals surface area contributed by atoms with E-state index in [2.05, 4.69) is 72.8 Å². The minimum absolute atomic E-state index is 0.136. The summed E-state index contributed by atoms with van der Waals surface area (Å²) in [6, 6.07) is 41.3. The van der Waals surface area contributed by atoms with Crippen LogP contribution < -0.4 is 9.47 Å². The fraction of sp³-hybridized carbons (Fsp3) is 0.210. The molecule has 1 N–H and O–H groups in total. The lowest BCUT2D eigenvalue weighted by molar-refractivity contribution is 0.0203. The van der Waals surface area contributed by atoms with Gasteiger partial charge >= 0.3 is 0 Å². The van der Waals surface area contributed by atoms with Crippen LogP contribution >= 0.6 is 22.7 Å². The molecule has 2 spiro atoms. The SMILES string of the molecule is O=C1C(=Cc2cc3c(s2)-c2cc4c(cc2OC32CCCCC2)-c2sc(/C=C3\C(=O)c5cc6cc7ccccc7cc6cc5C3O)cc2C2(CCCCC2)O4)C(=O)c2cc3cc4ccccc4cc3cc21. The summed E-state index contributed by atoms with van der Waals surface area (Å²) in [5, 5.41) is 20.1. The Morgan fingerprint density at radius 1 is 0.457 bits per heavy atom. The monoisotopic (exact) mass is 948 g/mol. The van der Waals surface area contributed by atoms with Crippen LogP contribution in [0.2, 0.25) is 0 Å². The van der Waals surface area contributed by atoms with Crippen LogP contribution in [0, 0.1) is 0 Å². The van der Waals surface area contributed by atoms with Gasteiger partial charge in [0.2, 0.25) is 0 Å². The van der Waals surface area contributed by atoms with Gasteiger partial charge in [-0.05, 0) is 185 Å². The van der Waals surface area contributed by atoms with Crippen molar-refractivity contribution in [2.45, 2.75) is 81.5 Å². The average molecular weight is 949 g/mol. The van der Waals surface area contributed by atoms with Crippen molar-refractivity contribution in [3.8, 4) is 32.4 Å². The number of benzene rings is 7. The van der Waals surface area contributed by atoms with Crippen molar-refractivity contribution >= 4 is 95.3 Å². The minimum atomic E-state index is -1.03. The normalized spacial score (nSPS) is 19.9. The Labute approximate surface area is 411 Å². The molecule has 4 heterocycles. The van der Waals surface area contributed by atoms with Gasteiger partial charge in [0, 0.05) is 64.0 Å². The Bertz CT molecular complexity index is 3870. The molecule has 7 aromatic carbocycles. The Morgan fingerprint density at radius 2 is 0.886 bits per heavy atom. The Kier molecular flexibility index (Phi) is 8.63. The van der Waals surface area contributed by atoms with Crippen molar-refractivity contribution < 1.29 is 29.0 Å². The number of allylic oxidation sites excluding steroid dienone is 1. The van der Waals surface area contributed by atoms with Gasteiger partial charge in [0.15, 0.2) is 17.3 Å². The molecule has 6 aliphatic rings. The smallest absolute Gasteiger partial charge is 0.197 e. The van der Waals surface area contributed by atoms with E-state index in [0.29, 0.717) is 27.8 Å². The molecule has 0 bridgehead atoms. The van der Waals surface area contributed by atoms with Gasteiger partial charge in [0.05, 0.1) is 5.57 Å². The average Bonchev–Trinajstić information content (AvgIpc) is 4.13. The first-order valence-electron chi connectivity index (χ1n) is 24.7. The van der Waals surface area contributed by atoms with E-state index in [1.54, 1.807) is 22.7 Å². The van der Waals surface area contributed by atoms with Gasteiger partial charge in [-0.25, -0.2) is 0 Å². The molecule has 9 aromatic rings. The third kappa shape index (κ3) is 5.90. The first-order valence-corrected chi connectivity index (χ1v) is 26.4. The maximum atomic E-state index is 14.2. The van der Waals surface area contributed by atoms with Crippen molar-refractivity contribution in [2.75, 3.05) is 0 Å². The standard InChI is InChI=1S/C62H44O6S2/c63-55-43-23-37-19-33-11-3-4-12-34(33)20-38(37)24-44(43)56(64)49(55)27-41-29-51-59(69-41)47-32-54-48(31-53(47)67-61(51)15-7-1-8-16-61)60-52(62(68-54)17-9-2-10-18-62)30-42(70-60)28-50-57(65)45-25-39-21-35-13-5-6-14-36(35)22-40(39)26-46(45)58(50)66/h3-6,11-14,19-32,55,63H,1-2,7-10,15-18H2/b49-27-. The van der Waals surface area contributed by atoms with Crippen molar-refractivity contribution in [3.63, 3.8) is 0 Å². The maximum absolute atomic E-state index is 14.2. The summed E-state index contributed by atoms with van der Waals surface area (Å²) < 4.78 is 14.6. The number of Topliss-reactive ketones (excluding diaryl/α,β-unsaturated/α-hetero) is 3. The number of fused-ring (bicyclic) bond motifs is 14. The Hall–Kier alpha value is -6.97. The van der Waals surface area contributed by atoms with E-state index in [1.165, 1.54) is 0 Å². The molecule has 4 aliphatic carbocycles. The number of thiophene rings is 2. The topological polar surface area (TPSA) is 89.9 Å². The van der Waals surface area contributed by atoms with E-state index in [0.717, 1.165) is 161 Å². The molecule has 2 fully saturated rings. The highest BCUT2D eigenvalue weighted by atomic mass is 32.1. The number of hydrogen-bond donors (Lipinski definition) is 1. The summed E-state index contributed by atoms with van der Waals surface area (Å²) in [4.78, 5) is 46.6. The molecule has 340 valence electrons. The fourth-order valence-corrected chi connectivity index (χ4v) is 15.3. The van der Waals surface area contributed by atoms with E-state index in [9.17, 15) is 19.5 Å². The van der Waals surface area contributed by atoms with Gasteiger partial charge in [0.1, 0.15) is 28.8 Å². The number of carbonyl (C=O) groups is 3. The number of aliphatic hydroxyl groups excluding tert-OH is 1.